The number of carbonyl (C=O) groups is 2. The number of carbonyl (C=O) groups excluding carboxylic acids is 2. The number of methoxy groups -OCH3 is 2. The second-order valence-corrected chi connectivity index (χ2v) is 10.6. The van der Waals surface area contributed by atoms with E-state index in [9.17, 15) is 9.59 Å². The summed E-state index contributed by atoms with van der Waals surface area (Å²) in [6.45, 7) is 3.80. The normalized spacial score (nSPS) is 17.1. The van der Waals surface area contributed by atoms with Gasteiger partial charge in [-0.05, 0) is 54.1 Å². The summed E-state index contributed by atoms with van der Waals surface area (Å²) in [5.74, 6) is 0.877. The Bertz CT molecular complexity index is 1410. The van der Waals surface area contributed by atoms with E-state index in [2.05, 4.69) is 4.90 Å². The van der Waals surface area contributed by atoms with Crippen LogP contribution in [0.5, 0.6) is 11.5 Å². The van der Waals surface area contributed by atoms with Crippen LogP contribution < -0.4 is 9.47 Å². The molecule has 1 fully saturated rings. The first-order chi connectivity index (χ1) is 20.4. The molecule has 0 N–H and O–H groups in total. The van der Waals surface area contributed by atoms with Gasteiger partial charge < -0.3 is 19.1 Å². The highest BCUT2D eigenvalue weighted by Crippen LogP contribution is 2.34. The molecular weight excluding hydrogens is 556 g/mol. The quantitative estimate of drug-likeness (QED) is 0.346. The maximum atomic E-state index is 14.0. The van der Waals surface area contributed by atoms with Gasteiger partial charge in [0.2, 0.25) is 0 Å². The minimum Gasteiger partial charge on any atom is -0.497 e. The second-order valence-electron chi connectivity index (χ2n) is 10.2. The van der Waals surface area contributed by atoms with Gasteiger partial charge in [-0.2, -0.15) is 5.10 Å². The van der Waals surface area contributed by atoms with E-state index < -0.39 is 0 Å². The van der Waals surface area contributed by atoms with Crippen LogP contribution in [0.2, 0.25) is 5.02 Å². The maximum Gasteiger partial charge on any atom is 0.262 e. The number of halogens is 1. The van der Waals surface area contributed by atoms with Crippen LogP contribution in [0.15, 0.2) is 77.9 Å². The zero-order valence-corrected chi connectivity index (χ0v) is 24.6. The third kappa shape index (κ3) is 7.10. The summed E-state index contributed by atoms with van der Waals surface area (Å²) in [4.78, 5) is 31.6. The van der Waals surface area contributed by atoms with Gasteiger partial charge in [0.05, 0.1) is 39.2 Å². The Labute approximate surface area is 251 Å². The van der Waals surface area contributed by atoms with E-state index in [4.69, 9.17) is 30.9 Å². The minimum atomic E-state index is -0.340. The molecule has 2 heterocycles. The van der Waals surface area contributed by atoms with E-state index in [-0.39, 0.29) is 24.4 Å². The lowest BCUT2D eigenvalue weighted by molar-refractivity contribution is -0.133. The molecule has 2 aliphatic rings. The number of benzene rings is 3. The van der Waals surface area contributed by atoms with Crippen LogP contribution in [0.1, 0.15) is 33.9 Å². The summed E-state index contributed by atoms with van der Waals surface area (Å²) >= 11 is 6.17. The molecule has 3 aromatic carbocycles. The molecule has 0 aromatic heterocycles. The topological polar surface area (TPSA) is 83.9 Å². The summed E-state index contributed by atoms with van der Waals surface area (Å²) in [6.07, 6.45) is 0.515. The first kappa shape index (κ1) is 29.6. The second kappa shape index (κ2) is 13.8. The molecule has 0 saturated carbocycles. The Balaban J connectivity index is 1.41. The number of hydrogen-bond donors (Lipinski definition) is 0. The molecule has 1 saturated heterocycles. The van der Waals surface area contributed by atoms with Crippen LogP contribution in [-0.4, -0.2) is 92.5 Å². The van der Waals surface area contributed by atoms with Crippen LogP contribution in [-0.2, 0) is 9.53 Å². The average molecular weight is 591 g/mol. The molecule has 0 aliphatic carbocycles. The summed E-state index contributed by atoms with van der Waals surface area (Å²) in [6, 6.07) is 21.7. The number of morpholine rings is 1. The summed E-state index contributed by atoms with van der Waals surface area (Å²) in [7, 11) is 3.20. The molecule has 220 valence electrons. The van der Waals surface area contributed by atoms with Gasteiger partial charge in [0.15, 0.2) is 0 Å². The summed E-state index contributed by atoms with van der Waals surface area (Å²) in [5, 5.41) is 6.93. The Hall–Kier alpha value is -3.92. The van der Waals surface area contributed by atoms with Crippen molar-refractivity contribution in [3.8, 4) is 11.5 Å². The Morgan fingerprint density at radius 2 is 1.69 bits per heavy atom. The SMILES string of the molecule is COc1ccc(C(=O)N(CCN2CCOCC2)CC(=O)N2N=C(c3cccc(OC)c3)C[C@H]2c2ccc(Cl)cc2)cc1. The molecule has 0 spiro atoms. The van der Waals surface area contributed by atoms with Crippen LogP contribution in [0.3, 0.4) is 0 Å². The van der Waals surface area contributed by atoms with Crippen molar-refractivity contribution >= 4 is 29.1 Å². The van der Waals surface area contributed by atoms with Crippen molar-refractivity contribution in [1.82, 2.24) is 14.8 Å². The van der Waals surface area contributed by atoms with Crippen molar-refractivity contribution in [3.05, 3.63) is 94.5 Å². The number of hydrazone groups is 1. The minimum absolute atomic E-state index is 0.117. The fraction of sp³-hybridized carbons (Fsp3) is 0.344. The first-order valence-electron chi connectivity index (χ1n) is 14.0. The van der Waals surface area contributed by atoms with Crippen molar-refractivity contribution in [2.75, 3.05) is 60.2 Å². The largest absolute Gasteiger partial charge is 0.497 e. The molecule has 3 aromatic rings. The predicted octanol–water partition coefficient (Wildman–Crippen LogP) is 4.51. The number of amides is 2. The Kier molecular flexibility index (Phi) is 9.74. The lowest BCUT2D eigenvalue weighted by Crippen LogP contribution is -2.46. The van der Waals surface area contributed by atoms with Gasteiger partial charge in [0, 0.05) is 48.7 Å². The Morgan fingerprint density at radius 3 is 2.38 bits per heavy atom. The number of hydrogen-bond acceptors (Lipinski definition) is 7. The molecule has 42 heavy (non-hydrogen) atoms. The molecule has 2 amide bonds. The molecule has 0 unspecified atom stereocenters. The van der Waals surface area contributed by atoms with E-state index in [0.717, 1.165) is 29.9 Å². The maximum absolute atomic E-state index is 14.0. The highest BCUT2D eigenvalue weighted by atomic mass is 35.5. The third-order valence-electron chi connectivity index (χ3n) is 7.56. The molecule has 9 nitrogen and oxygen atoms in total. The zero-order chi connectivity index (χ0) is 29.5. The van der Waals surface area contributed by atoms with E-state index in [1.807, 2.05) is 48.5 Å². The van der Waals surface area contributed by atoms with E-state index >= 15 is 0 Å². The molecule has 10 heteroatoms. The number of ether oxygens (including phenoxy) is 3. The van der Waals surface area contributed by atoms with Gasteiger partial charge in [-0.3, -0.25) is 14.5 Å². The Morgan fingerprint density at radius 1 is 0.976 bits per heavy atom. The van der Waals surface area contributed by atoms with E-state index in [0.29, 0.717) is 54.8 Å². The number of rotatable bonds is 10. The summed E-state index contributed by atoms with van der Waals surface area (Å²) < 4.78 is 16.1. The van der Waals surface area contributed by atoms with Gasteiger partial charge in [-0.25, -0.2) is 5.01 Å². The zero-order valence-electron chi connectivity index (χ0n) is 23.9. The number of nitrogens with zero attached hydrogens (tertiary/aromatic N) is 4. The molecular formula is C32H35ClN4O5. The van der Waals surface area contributed by atoms with Gasteiger partial charge in [0.25, 0.3) is 11.8 Å². The van der Waals surface area contributed by atoms with Crippen molar-refractivity contribution < 1.29 is 23.8 Å². The van der Waals surface area contributed by atoms with Crippen molar-refractivity contribution in [3.63, 3.8) is 0 Å². The van der Waals surface area contributed by atoms with Gasteiger partial charge in [-0.15, -0.1) is 0 Å². The molecule has 0 bridgehead atoms. The van der Waals surface area contributed by atoms with Crippen molar-refractivity contribution in [1.29, 1.82) is 0 Å². The predicted molar refractivity (Wildman–Crippen MR) is 161 cm³/mol. The lowest BCUT2D eigenvalue weighted by Gasteiger charge is -2.31. The van der Waals surface area contributed by atoms with E-state index in [1.54, 1.807) is 43.4 Å². The summed E-state index contributed by atoms with van der Waals surface area (Å²) in [5.41, 5.74) is 3.04. The van der Waals surface area contributed by atoms with Crippen LogP contribution in [0.4, 0.5) is 0 Å². The highest BCUT2D eigenvalue weighted by Gasteiger charge is 2.35. The fourth-order valence-electron chi connectivity index (χ4n) is 5.15. The van der Waals surface area contributed by atoms with Gasteiger partial charge >= 0.3 is 0 Å². The van der Waals surface area contributed by atoms with Gasteiger partial charge in [-0.1, -0.05) is 35.9 Å². The van der Waals surface area contributed by atoms with E-state index in [1.165, 1.54) is 5.01 Å². The molecule has 1 atom stereocenters. The lowest BCUT2D eigenvalue weighted by atomic mass is 9.98. The van der Waals surface area contributed by atoms with Crippen LogP contribution >= 0.6 is 11.6 Å². The van der Waals surface area contributed by atoms with Gasteiger partial charge in [0.1, 0.15) is 18.0 Å². The monoisotopic (exact) mass is 590 g/mol. The molecule has 0 radical (unpaired) electrons. The highest BCUT2D eigenvalue weighted by molar-refractivity contribution is 6.30. The van der Waals surface area contributed by atoms with Crippen LogP contribution in [0, 0.1) is 0 Å². The third-order valence-corrected chi connectivity index (χ3v) is 7.82. The van der Waals surface area contributed by atoms with Crippen molar-refractivity contribution in [2.45, 2.75) is 12.5 Å². The molecule has 2 aliphatic heterocycles. The average Bonchev–Trinajstić information content (AvgIpc) is 3.49. The standard InChI is InChI=1S/C32H35ClN4O5/c1-40-27-12-8-24(9-13-27)32(39)36(15-14-35-16-18-42-19-17-35)22-31(38)37-30(23-6-10-26(33)11-7-23)21-29(34-37)25-4-3-5-28(20-25)41-2/h3-13,20,30H,14-19,21-22H2,1-2H3/t30-/m0/s1. The fourth-order valence-corrected chi connectivity index (χ4v) is 5.28. The first-order valence-corrected chi connectivity index (χ1v) is 14.4. The van der Waals surface area contributed by atoms with Crippen molar-refractivity contribution in [2.24, 2.45) is 5.10 Å². The molecule has 5 rings (SSSR count). The van der Waals surface area contributed by atoms with Crippen LogP contribution in [0.25, 0.3) is 0 Å². The smallest absolute Gasteiger partial charge is 0.262 e.